The second-order valence-corrected chi connectivity index (χ2v) is 3.04. The normalized spacial score (nSPS) is 11.4. The maximum atomic E-state index is 10.9. The van der Waals surface area contributed by atoms with Gasteiger partial charge in [-0.3, -0.25) is 14.9 Å². The number of carbonyl (C=O) groups excluding carboxylic acids is 1. The lowest BCUT2D eigenvalue weighted by molar-refractivity contribution is -0.385. The highest BCUT2D eigenvalue weighted by Crippen LogP contribution is 2.24. The number of carbonyl (C=O) groups is 1. The van der Waals surface area contributed by atoms with Crippen LogP contribution in [0.25, 0.3) is 0 Å². The van der Waals surface area contributed by atoms with Gasteiger partial charge in [-0.1, -0.05) is 17.6 Å². The molecule has 0 aliphatic carbocycles. The van der Waals surface area contributed by atoms with Crippen molar-refractivity contribution < 1.29 is 9.72 Å². The molecule has 1 aromatic rings. The first-order valence-electron chi connectivity index (χ1n) is 4.20. The van der Waals surface area contributed by atoms with Crippen LogP contribution < -0.4 is 11.2 Å². The molecule has 2 radical (unpaired) electrons. The molecule has 0 saturated carbocycles. The Morgan fingerprint density at radius 2 is 2.25 bits per heavy atom. The van der Waals surface area contributed by atoms with Crippen molar-refractivity contribution in [1.29, 1.82) is 5.26 Å². The summed E-state index contributed by atoms with van der Waals surface area (Å²) in [5.74, 6) is -2.28. The third-order valence-corrected chi connectivity index (χ3v) is 1.98. The summed E-state index contributed by atoms with van der Waals surface area (Å²) in [6.45, 7) is 0. The molecular formula is C9H6BN3O3. The van der Waals surface area contributed by atoms with Crippen LogP contribution in [0.5, 0.6) is 0 Å². The first kappa shape index (κ1) is 11.7. The van der Waals surface area contributed by atoms with Crippen LogP contribution in [0, 0.1) is 21.4 Å². The maximum absolute atomic E-state index is 10.9. The molecule has 1 aromatic carbocycles. The second kappa shape index (κ2) is 4.44. The van der Waals surface area contributed by atoms with E-state index in [9.17, 15) is 14.9 Å². The van der Waals surface area contributed by atoms with E-state index in [1.54, 1.807) is 6.07 Å². The number of nitrogens with zero attached hydrogens (tertiary/aromatic N) is 2. The molecule has 0 heterocycles. The molecule has 0 spiro atoms. The first-order chi connectivity index (χ1) is 7.47. The zero-order valence-corrected chi connectivity index (χ0v) is 8.08. The van der Waals surface area contributed by atoms with Gasteiger partial charge < -0.3 is 5.73 Å². The van der Waals surface area contributed by atoms with Crippen LogP contribution in [-0.4, -0.2) is 18.7 Å². The van der Waals surface area contributed by atoms with Crippen molar-refractivity contribution in [3.05, 3.63) is 33.9 Å². The predicted octanol–water partition coefficient (Wildman–Crippen LogP) is -0.519. The molecule has 0 saturated heterocycles. The summed E-state index contributed by atoms with van der Waals surface area (Å²) in [5.41, 5.74) is 4.72. The van der Waals surface area contributed by atoms with E-state index >= 15 is 0 Å². The van der Waals surface area contributed by atoms with Gasteiger partial charge in [-0.15, -0.1) is 0 Å². The van der Waals surface area contributed by atoms with Gasteiger partial charge in [0.1, 0.15) is 7.85 Å². The van der Waals surface area contributed by atoms with E-state index in [0.29, 0.717) is 0 Å². The van der Waals surface area contributed by atoms with Crippen molar-refractivity contribution in [2.45, 2.75) is 5.92 Å². The average molecular weight is 215 g/mol. The Balaban J connectivity index is 3.38. The van der Waals surface area contributed by atoms with E-state index in [1.807, 2.05) is 0 Å². The van der Waals surface area contributed by atoms with Crippen molar-refractivity contribution in [2.24, 2.45) is 5.73 Å². The van der Waals surface area contributed by atoms with Gasteiger partial charge in [-0.05, 0) is 0 Å². The van der Waals surface area contributed by atoms with Gasteiger partial charge in [0.25, 0.3) is 5.69 Å². The summed E-state index contributed by atoms with van der Waals surface area (Å²) in [6.07, 6.45) is 0. The number of nitriles is 1. The van der Waals surface area contributed by atoms with Gasteiger partial charge in [-0.2, -0.15) is 5.26 Å². The Bertz CT molecular complexity index is 495. The van der Waals surface area contributed by atoms with Crippen molar-refractivity contribution in [2.75, 3.05) is 0 Å². The van der Waals surface area contributed by atoms with Crippen molar-refractivity contribution in [3.63, 3.8) is 0 Å². The van der Waals surface area contributed by atoms with Crippen molar-refractivity contribution in [3.8, 4) is 6.07 Å². The lowest BCUT2D eigenvalue weighted by atomic mass is 9.90. The van der Waals surface area contributed by atoms with E-state index in [0.717, 1.165) is 6.07 Å². The number of rotatable bonds is 3. The standard InChI is InChI=1S/C9H6BN3O3/c10-5-1-2-6(7(4-11)9(12)14)8(3-5)13(15)16/h1-3,7H,(H2,12,14). The van der Waals surface area contributed by atoms with Crippen molar-refractivity contribution in [1.82, 2.24) is 0 Å². The van der Waals surface area contributed by atoms with Gasteiger partial charge in [0.15, 0.2) is 5.92 Å². The summed E-state index contributed by atoms with van der Waals surface area (Å²) in [5, 5.41) is 19.4. The SMILES string of the molecule is [B]c1ccc(C(C#N)C(N)=O)c([N+](=O)[O-])c1. The maximum Gasteiger partial charge on any atom is 0.273 e. The number of nitro benzene ring substituents is 1. The van der Waals surface area contributed by atoms with Crippen LogP contribution in [0.3, 0.4) is 0 Å². The van der Waals surface area contributed by atoms with Gasteiger partial charge >= 0.3 is 0 Å². The lowest BCUT2D eigenvalue weighted by Crippen LogP contribution is -2.21. The zero-order valence-electron chi connectivity index (χ0n) is 8.08. The molecule has 0 aliphatic rings. The molecule has 0 bridgehead atoms. The predicted molar refractivity (Wildman–Crippen MR) is 56.0 cm³/mol. The molecule has 1 amide bonds. The summed E-state index contributed by atoms with van der Waals surface area (Å²) < 4.78 is 0. The van der Waals surface area contributed by atoms with Crippen molar-refractivity contribution >= 4 is 24.9 Å². The fourth-order valence-electron chi connectivity index (χ4n) is 1.25. The molecule has 78 valence electrons. The van der Waals surface area contributed by atoms with Crippen LogP contribution in [0.15, 0.2) is 18.2 Å². The molecule has 0 fully saturated rings. The van der Waals surface area contributed by atoms with E-state index in [-0.39, 0.29) is 16.7 Å². The van der Waals surface area contributed by atoms with Crippen LogP contribution in [-0.2, 0) is 4.79 Å². The Morgan fingerprint density at radius 3 is 2.69 bits per heavy atom. The highest BCUT2D eigenvalue weighted by molar-refractivity contribution is 6.32. The minimum absolute atomic E-state index is 0.0470. The zero-order chi connectivity index (χ0) is 12.3. The number of nitrogens with two attached hydrogens (primary N) is 1. The molecule has 6 nitrogen and oxygen atoms in total. The molecule has 2 N–H and O–H groups in total. The van der Waals surface area contributed by atoms with Crippen LogP contribution in [0.2, 0.25) is 0 Å². The van der Waals surface area contributed by atoms with E-state index in [1.165, 1.54) is 12.1 Å². The smallest absolute Gasteiger partial charge is 0.273 e. The van der Waals surface area contributed by atoms with Crippen LogP contribution in [0.4, 0.5) is 5.69 Å². The molecule has 0 aliphatic heterocycles. The topological polar surface area (TPSA) is 110 Å². The van der Waals surface area contributed by atoms with Gasteiger partial charge in [-0.25, -0.2) is 0 Å². The van der Waals surface area contributed by atoms with Gasteiger partial charge in [0, 0.05) is 6.07 Å². The van der Waals surface area contributed by atoms with Gasteiger partial charge in [0.05, 0.1) is 16.6 Å². The highest BCUT2D eigenvalue weighted by atomic mass is 16.6. The first-order valence-corrected chi connectivity index (χ1v) is 4.20. The fourth-order valence-corrected chi connectivity index (χ4v) is 1.25. The number of amides is 1. The second-order valence-electron chi connectivity index (χ2n) is 3.04. The number of hydrogen-bond donors (Lipinski definition) is 1. The number of primary amides is 1. The van der Waals surface area contributed by atoms with E-state index in [2.05, 4.69) is 0 Å². The quantitative estimate of drug-likeness (QED) is 0.415. The number of hydrogen-bond acceptors (Lipinski definition) is 4. The third kappa shape index (κ3) is 2.17. The summed E-state index contributed by atoms with van der Waals surface area (Å²) >= 11 is 0. The molecule has 16 heavy (non-hydrogen) atoms. The summed E-state index contributed by atoms with van der Waals surface area (Å²) in [6, 6.07) is 5.33. The lowest BCUT2D eigenvalue weighted by Gasteiger charge is -2.06. The minimum atomic E-state index is -1.35. The summed E-state index contributed by atoms with van der Waals surface area (Å²) in [4.78, 5) is 20.9. The Kier molecular flexibility index (Phi) is 3.25. The molecular weight excluding hydrogens is 209 g/mol. The van der Waals surface area contributed by atoms with Gasteiger partial charge in [0.2, 0.25) is 5.91 Å². The highest BCUT2D eigenvalue weighted by Gasteiger charge is 2.25. The Morgan fingerprint density at radius 1 is 1.62 bits per heavy atom. The monoisotopic (exact) mass is 215 g/mol. The van der Waals surface area contributed by atoms with E-state index < -0.39 is 16.7 Å². The number of benzene rings is 1. The molecule has 7 heteroatoms. The van der Waals surface area contributed by atoms with Crippen LogP contribution >= 0.6 is 0 Å². The Labute approximate surface area is 92.2 Å². The largest absolute Gasteiger partial charge is 0.368 e. The molecule has 0 aromatic heterocycles. The molecule has 1 atom stereocenters. The van der Waals surface area contributed by atoms with Crippen LogP contribution in [0.1, 0.15) is 11.5 Å². The third-order valence-electron chi connectivity index (χ3n) is 1.98. The minimum Gasteiger partial charge on any atom is -0.368 e. The molecule has 1 unspecified atom stereocenters. The molecule has 1 rings (SSSR count). The average Bonchev–Trinajstić information content (AvgIpc) is 2.20. The fraction of sp³-hybridized carbons (Fsp3) is 0.111. The summed E-state index contributed by atoms with van der Waals surface area (Å²) in [7, 11) is 5.38. The number of nitro groups is 1. The Hall–Kier alpha value is -2.36. The van der Waals surface area contributed by atoms with E-state index in [4.69, 9.17) is 18.8 Å².